The maximum absolute atomic E-state index is 12.3. The molecule has 0 spiro atoms. The van der Waals surface area contributed by atoms with Crippen molar-refractivity contribution in [1.29, 1.82) is 0 Å². The molecule has 2 aromatic carbocycles. The van der Waals surface area contributed by atoms with Gasteiger partial charge in [0.2, 0.25) is 5.91 Å². The third-order valence-electron chi connectivity index (χ3n) is 4.26. The number of hydrogen-bond acceptors (Lipinski definition) is 5. The van der Waals surface area contributed by atoms with Gasteiger partial charge in [-0.2, -0.15) is 0 Å². The molecule has 1 atom stereocenters. The molecule has 0 bridgehead atoms. The molecule has 3 rings (SSSR count). The van der Waals surface area contributed by atoms with Crippen molar-refractivity contribution in [2.24, 2.45) is 5.92 Å². The first-order valence-corrected chi connectivity index (χ1v) is 9.50. The highest BCUT2D eigenvalue weighted by Crippen LogP contribution is 2.28. The lowest BCUT2D eigenvalue weighted by Crippen LogP contribution is -2.27. The van der Waals surface area contributed by atoms with E-state index in [2.05, 4.69) is 0 Å². The van der Waals surface area contributed by atoms with Crippen LogP contribution in [0.4, 0.5) is 5.69 Å². The molecule has 6 heteroatoms. The molecule has 2 aromatic rings. The zero-order valence-electron chi connectivity index (χ0n) is 14.4. The molecule has 5 nitrogen and oxygen atoms in total. The lowest BCUT2D eigenvalue weighted by atomic mass is 10.1. The van der Waals surface area contributed by atoms with Gasteiger partial charge in [-0.05, 0) is 24.5 Å². The molecule has 1 amide bonds. The van der Waals surface area contributed by atoms with Crippen molar-refractivity contribution in [2.45, 2.75) is 11.3 Å². The van der Waals surface area contributed by atoms with Crippen molar-refractivity contribution in [3.8, 4) is 0 Å². The molecule has 0 aromatic heterocycles. The number of hydrogen-bond donors (Lipinski definition) is 0. The minimum absolute atomic E-state index is 0.0991. The number of rotatable bonds is 6. The summed E-state index contributed by atoms with van der Waals surface area (Å²) in [5, 5.41) is 0. The van der Waals surface area contributed by atoms with E-state index in [0.717, 1.165) is 10.6 Å². The topological polar surface area (TPSA) is 63.7 Å². The number of carbonyl (C=O) groups is 3. The van der Waals surface area contributed by atoms with Crippen molar-refractivity contribution in [2.75, 3.05) is 24.3 Å². The summed E-state index contributed by atoms with van der Waals surface area (Å²) >= 11 is 1.59. The summed E-state index contributed by atoms with van der Waals surface area (Å²) < 4.78 is 5.15. The number of esters is 1. The monoisotopic (exact) mass is 369 g/mol. The first kappa shape index (κ1) is 18.2. The van der Waals surface area contributed by atoms with Crippen LogP contribution in [0.15, 0.2) is 59.5 Å². The zero-order chi connectivity index (χ0) is 18.5. The molecule has 0 radical (unpaired) electrons. The van der Waals surface area contributed by atoms with E-state index in [1.54, 1.807) is 40.9 Å². The SMILES string of the molecule is CSc1cccc(N2C[C@@H](C(=O)OCC(=O)c3ccccc3)CC2=O)c1. The Balaban J connectivity index is 1.59. The van der Waals surface area contributed by atoms with Crippen LogP contribution in [0.5, 0.6) is 0 Å². The van der Waals surface area contributed by atoms with Gasteiger partial charge in [0.1, 0.15) is 0 Å². The van der Waals surface area contributed by atoms with E-state index in [4.69, 9.17) is 4.74 Å². The number of amides is 1. The highest BCUT2D eigenvalue weighted by Gasteiger charge is 2.36. The number of carbonyl (C=O) groups excluding carboxylic acids is 3. The summed E-state index contributed by atoms with van der Waals surface area (Å²) in [6, 6.07) is 16.3. The molecule has 1 aliphatic heterocycles. The number of ether oxygens (including phenoxy) is 1. The summed E-state index contributed by atoms with van der Waals surface area (Å²) in [5.41, 5.74) is 1.27. The summed E-state index contributed by atoms with van der Waals surface area (Å²) in [5.74, 6) is -1.43. The highest BCUT2D eigenvalue weighted by molar-refractivity contribution is 7.98. The van der Waals surface area contributed by atoms with Crippen molar-refractivity contribution >= 4 is 35.1 Å². The number of anilines is 1. The second-order valence-electron chi connectivity index (χ2n) is 6.00. The number of Topliss-reactive ketones (excluding diaryl/α,β-unsaturated/α-hetero) is 1. The highest BCUT2D eigenvalue weighted by atomic mass is 32.2. The summed E-state index contributed by atoms with van der Waals surface area (Å²) in [6.45, 7) is -0.0372. The van der Waals surface area contributed by atoms with Gasteiger partial charge in [0.15, 0.2) is 12.4 Å². The van der Waals surface area contributed by atoms with Gasteiger partial charge in [-0.15, -0.1) is 11.8 Å². The van der Waals surface area contributed by atoms with E-state index in [1.165, 1.54) is 0 Å². The van der Waals surface area contributed by atoms with Gasteiger partial charge < -0.3 is 9.64 Å². The predicted octanol–water partition coefficient (Wildman–Crippen LogP) is 3.19. The normalized spacial score (nSPS) is 16.6. The van der Waals surface area contributed by atoms with E-state index in [1.807, 2.05) is 36.6 Å². The van der Waals surface area contributed by atoms with E-state index in [-0.39, 0.29) is 31.3 Å². The maximum Gasteiger partial charge on any atom is 0.311 e. The van der Waals surface area contributed by atoms with Gasteiger partial charge in [0.05, 0.1) is 5.92 Å². The Bertz CT molecular complexity index is 822. The number of nitrogens with zero attached hydrogens (tertiary/aromatic N) is 1. The second-order valence-corrected chi connectivity index (χ2v) is 6.88. The molecule has 0 unspecified atom stereocenters. The smallest absolute Gasteiger partial charge is 0.311 e. The van der Waals surface area contributed by atoms with Crippen LogP contribution in [0.1, 0.15) is 16.8 Å². The van der Waals surface area contributed by atoms with Crippen LogP contribution in [0.25, 0.3) is 0 Å². The third-order valence-corrected chi connectivity index (χ3v) is 4.99. The molecule has 0 N–H and O–H groups in total. The second kappa shape index (κ2) is 8.19. The lowest BCUT2D eigenvalue weighted by molar-refractivity contribution is -0.147. The van der Waals surface area contributed by atoms with Crippen LogP contribution in [0, 0.1) is 5.92 Å². The molecule has 1 heterocycles. The number of benzene rings is 2. The van der Waals surface area contributed by atoms with Gasteiger partial charge in [-0.1, -0.05) is 36.4 Å². The fraction of sp³-hybridized carbons (Fsp3) is 0.250. The zero-order valence-corrected chi connectivity index (χ0v) is 15.2. The summed E-state index contributed by atoms with van der Waals surface area (Å²) in [6.07, 6.45) is 2.07. The Morgan fingerprint density at radius 3 is 2.65 bits per heavy atom. The minimum atomic E-state index is -0.552. The Morgan fingerprint density at radius 2 is 1.92 bits per heavy atom. The third kappa shape index (κ3) is 4.14. The standard InChI is InChI=1S/C20H19NO4S/c1-26-17-9-5-8-16(11-17)21-12-15(10-19(21)23)20(24)25-13-18(22)14-6-3-2-4-7-14/h2-9,11,15H,10,12-13H2,1H3/t15-/m0/s1. The van der Waals surface area contributed by atoms with Crippen LogP contribution in [0.3, 0.4) is 0 Å². The van der Waals surface area contributed by atoms with Gasteiger partial charge in [0.25, 0.3) is 0 Å². The van der Waals surface area contributed by atoms with E-state index >= 15 is 0 Å². The van der Waals surface area contributed by atoms with Crippen LogP contribution < -0.4 is 4.90 Å². The molecule has 1 saturated heterocycles. The Labute approximate surface area is 156 Å². The Morgan fingerprint density at radius 1 is 1.15 bits per heavy atom. The summed E-state index contributed by atoms with van der Waals surface area (Å²) in [4.78, 5) is 39.2. The van der Waals surface area contributed by atoms with E-state index in [0.29, 0.717) is 5.56 Å². The van der Waals surface area contributed by atoms with Crippen LogP contribution in [-0.4, -0.2) is 37.1 Å². The molecule has 134 valence electrons. The van der Waals surface area contributed by atoms with Gasteiger partial charge >= 0.3 is 5.97 Å². The van der Waals surface area contributed by atoms with Gasteiger partial charge in [0, 0.05) is 29.1 Å². The summed E-state index contributed by atoms with van der Waals surface area (Å²) in [7, 11) is 0. The molecule has 1 aliphatic rings. The average molecular weight is 369 g/mol. The Kier molecular flexibility index (Phi) is 5.73. The fourth-order valence-corrected chi connectivity index (χ4v) is 3.31. The van der Waals surface area contributed by atoms with E-state index < -0.39 is 11.9 Å². The van der Waals surface area contributed by atoms with Crippen molar-refractivity contribution in [3.63, 3.8) is 0 Å². The maximum atomic E-state index is 12.3. The predicted molar refractivity (Wildman–Crippen MR) is 100 cm³/mol. The number of thioether (sulfide) groups is 1. The van der Waals surface area contributed by atoms with Crippen molar-refractivity contribution in [1.82, 2.24) is 0 Å². The first-order chi connectivity index (χ1) is 12.6. The molecular weight excluding hydrogens is 350 g/mol. The minimum Gasteiger partial charge on any atom is -0.457 e. The lowest BCUT2D eigenvalue weighted by Gasteiger charge is -2.17. The average Bonchev–Trinajstić information content (AvgIpc) is 3.08. The number of ketones is 1. The first-order valence-electron chi connectivity index (χ1n) is 8.28. The van der Waals surface area contributed by atoms with Gasteiger partial charge in [-0.25, -0.2) is 0 Å². The molecule has 0 saturated carbocycles. The van der Waals surface area contributed by atoms with Crippen LogP contribution >= 0.6 is 11.8 Å². The van der Waals surface area contributed by atoms with Crippen molar-refractivity contribution in [3.05, 3.63) is 60.2 Å². The van der Waals surface area contributed by atoms with Crippen LogP contribution in [0.2, 0.25) is 0 Å². The molecule has 1 fully saturated rings. The Hall–Kier alpha value is -2.60. The van der Waals surface area contributed by atoms with Gasteiger partial charge in [-0.3, -0.25) is 14.4 Å². The largest absolute Gasteiger partial charge is 0.457 e. The fourth-order valence-electron chi connectivity index (χ4n) is 2.86. The molecule has 0 aliphatic carbocycles. The van der Waals surface area contributed by atoms with Crippen molar-refractivity contribution < 1.29 is 19.1 Å². The molecular formula is C20H19NO4S. The quantitative estimate of drug-likeness (QED) is 0.445. The van der Waals surface area contributed by atoms with E-state index in [9.17, 15) is 14.4 Å². The molecule has 26 heavy (non-hydrogen) atoms. The van der Waals surface area contributed by atoms with Crippen LogP contribution in [-0.2, 0) is 14.3 Å².